The molecule has 36 heavy (non-hydrogen) atoms. The van der Waals surface area contributed by atoms with Gasteiger partial charge in [0.25, 0.3) is 6.29 Å². The third-order valence-electron chi connectivity index (χ3n) is 7.46. The zero-order valence-corrected chi connectivity index (χ0v) is 20.0. The first-order chi connectivity index (χ1) is 17.6. The summed E-state index contributed by atoms with van der Waals surface area (Å²) in [6, 6.07) is 26.6. The topological polar surface area (TPSA) is 65.1 Å². The van der Waals surface area contributed by atoms with Crippen molar-refractivity contribution < 1.29 is 23.8 Å². The molecule has 0 radical (unpaired) electrons. The standard InChI is InChI=1S/C30H29NO5/c32-25(30-34-24-11-12-26-23(17-24)18-28(35-26)36-30)19-27(33)31-15-13-22(14-16-31)29(20-7-3-1-4-8-20)21-9-5-2-6-10-21/h1-12,17,22,28-30H,13-16,18-19H2. The van der Waals surface area contributed by atoms with Crippen LogP contribution in [0.25, 0.3) is 0 Å². The molecule has 3 aromatic carbocycles. The molecule has 2 unspecified atom stereocenters. The van der Waals surface area contributed by atoms with Gasteiger partial charge in [-0.2, -0.15) is 0 Å². The lowest BCUT2D eigenvalue weighted by Gasteiger charge is -2.37. The molecule has 2 atom stereocenters. The van der Waals surface area contributed by atoms with Crippen LogP contribution in [0.2, 0.25) is 0 Å². The van der Waals surface area contributed by atoms with E-state index in [9.17, 15) is 9.59 Å². The largest absolute Gasteiger partial charge is 0.464 e. The van der Waals surface area contributed by atoms with Gasteiger partial charge in [-0.1, -0.05) is 60.7 Å². The second-order valence-electron chi connectivity index (χ2n) is 9.77. The molecule has 3 heterocycles. The van der Waals surface area contributed by atoms with E-state index >= 15 is 0 Å². The number of carbonyl (C=O) groups is 2. The summed E-state index contributed by atoms with van der Waals surface area (Å²) in [5, 5.41) is 0. The summed E-state index contributed by atoms with van der Waals surface area (Å²) in [5.74, 6) is 1.46. The van der Waals surface area contributed by atoms with Crippen LogP contribution in [0.5, 0.6) is 11.5 Å². The van der Waals surface area contributed by atoms with Gasteiger partial charge >= 0.3 is 0 Å². The second-order valence-corrected chi connectivity index (χ2v) is 9.77. The minimum Gasteiger partial charge on any atom is -0.464 e. The van der Waals surface area contributed by atoms with E-state index in [2.05, 4.69) is 48.5 Å². The molecule has 0 spiro atoms. The Hall–Kier alpha value is -3.64. The molecule has 184 valence electrons. The van der Waals surface area contributed by atoms with Crippen LogP contribution in [-0.2, 0) is 20.7 Å². The van der Waals surface area contributed by atoms with E-state index < -0.39 is 12.6 Å². The molecule has 3 aliphatic rings. The van der Waals surface area contributed by atoms with Crippen LogP contribution < -0.4 is 9.47 Å². The smallest absolute Gasteiger partial charge is 0.263 e. The molecule has 3 aliphatic heterocycles. The van der Waals surface area contributed by atoms with Gasteiger partial charge in [0.1, 0.15) is 11.5 Å². The van der Waals surface area contributed by atoms with Crippen molar-refractivity contribution in [3.05, 3.63) is 95.6 Å². The number of ether oxygens (including phenoxy) is 3. The molecule has 0 saturated carbocycles. The zero-order valence-electron chi connectivity index (χ0n) is 20.0. The van der Waals surface area contributed by atoms with E-state index in [1.165, 1.54) is 11.1 Å². The van der Waals surface area contributed by atoms with Crippen LogP contribution in [0.3, 0.4) is 0 Å². The van der Waals surface area contributed by atoms with Gasteiger partial charge in [0, 0.05) is 31.0 Å². The van der Waals surface area contributed by atoms with E-state index in [4.69, 9.17) is 14.2 Å². The maximum Gasteiger partial charge on any atom is 0.263 e. The van der Waals surface area contributed by atoms with Crippen LogP contribution in [0.1, 0.15) is 41.9 Å². The van der Waals surface area contributed by atoms with E-state index in [0.717, 1.165) is 24.2 Å². The maximum atomic E-state index is 13.1. The normalized spacial score (nSPS) is 21.0. The van der Waals surface area contributed by atoms with E-state index in [1.807, 2.05) is 29.2 Å². The molecule has 3 aromatic rings. The van der Waals surface area contributed by atoms with Crippen LogP contribution in [0.4, 0.5) is 0 Å². The number of carbonyl (C=O) groups excluding carboxylic acids is 2. The number of piperidine rings is 1. The lowest BCUT2D eigenvalue weighted by molar-refractivity contribution is -0.187. The summed E-state index contributed by atoms with van der Waals surface area (Å²) < 4.78 is 17.3. The Kier molecular flexibility index (Phi) is 6.20. The van der Waals surface area contributed by atoms with Crippen molar-refractivity contribution in [3.63, 3.8) is 0 Å². The molecule has 6 nitrogen and oxygen atoms in total. The molecule has 6 heteroatoms. The highest BCUT2D eigenvalue weighted by Gasteiger charge is 2.36. The molecule has 3 bridgehead atoms. The average Bonchev–Trinajstić information content (AvgIpc) is 3.36. The van der Waals surface area contributed by atoms with Gasteiger partial charge in [-0.15, -0.1) is 0 Å². The summed E-state index contributed by atoms with van der Waals surface area (Å²) in [7, 11) is 0. The van der Waals surface area contributed by atoms with Crippen LogP contribution >= 0.6 is 0 Å². The Morgan fingerprint density at radius 2 is 1.53 bits per heavy atom. The Labute approximate surface area is 210 Å². The molecule has 6 rings (SSSR count). The average molecular weight is 484 g/mol. The SMILES string of the molecule is O=C(CC(=O)N1CCC(C(c2ccccc2)c2ccccc2)CC1)C1Oc2ccc3c(c2)CC(O3)O1. The number of likely N-dealkylation sites (tertiary alicyclic amines) is 1. The fourth-order valence-corrected chi connectivity index (χ4v) is 5.66. The van der Waals surface area contributed by atoms with Gasteiger partial charge in [0.15, 0.2) is 0 Å². The molecular formula is C30H29NO5. The summed E-state index contributed by atoms with van der Waals surface area (Å²) in [5.41, 5.74) is 3.60. The van der Waals surface area contributed by atoms with Gasteiger partial charge < -0.3 is 14.4 Å². The third-order valence-corrected chi connectivity index (χ3v) is 7.46. The lowest BCUT2D eigenvalue weighted by Crippen LogP contribution is -2.43. The molecule has 0 N–H and O–H groups in total. The van der Waals surface area contributed by atoms with Crippen molar-refractivity contribution in [1.29, 1.82) is 0 Å². The third kappa shape index (κ3) is 4.61. The Morgan fingerprint density at radius 3 is 2.19 bits per heavy atom. The summed E-state index contributed by atoms with van der Waals surface area (Å²) >= 11 is 0. The predicted octanol–water partition coefficient (Wildman–Crippen LogP) is 4.71. The molecule has 1 saturated heterocycles. The zero-order chi connectivity index (χ0) is 24.5. The van der Waals surface area contributed by atoms with E-state index in [0.29, 0.717) is 31.2 Å². The molecule has 1 amide bonds. The highest BCUT2D eigenvalue weighted by molar-refractivity contribution is 5.99. The number of hydrogen-bond donors (Lipinski definition) is 0. The first-order valence-electron chi connectivity index (χ1n) is 12.7. The van der Waals surface area contributed by atoms with Crippen molar-refractivity contribution >= 4 is 11.7 Å². The number of Topliss-reactive ketones (excluding diaryl/α,β-unsaturated/α-hetero) is 1. The number of hydrogen-bond acceptors (Lipinski definition) is 5. The fourth-order valence-electron chi connectivity index (χ4n) is 5.66. The fraction of sp³-hybridized carbons (Fsp3) is 0.333. The van der Waals surface area contributed by atoms with Crippen LogP contribution in [-0.4, -0.2) is 42.3 Å². The maximum absolute atomic E-state index is 13.1. The monoisotopic (exact) mass is 483 g/mol. The first-order valence-corrected chi connectivity index (χ1v) is 12.7. The predicted molar refractivity (Wildman–Crippen MR) is 134 cm³/mol. The Bertz CT molecular complexity index is 1200. The van der Waals surface area contributed by atoms with Gasteiger partial charge in [-0.3, -0.25) is 14.3 Å². The lowest BCUT2D eigenvalue weighted by atomic mass is 9.76. The van der Waals surface area contributed by atoms with Gasteiger partial charge in [-0.05, 0) is 48.1 Å². The van der Waals surface area contributed by atoms with Crippen LogP contribution in [0.15, 0.2) is 78.9 Å². The number of amides is 1. The minimum atomic E-state index is -1.15. The van der Waals surface area contributed by atoms with Gasteiger partial charge in [0.05, 0.1) is 6.42 Å². The Morgan fingerprint density at radius 1 is 0.861 bits per heavy atom. The van der Waals surface area contributed by atoms with Gasteiger partial charge in [0.2, 0.25) is 18.0 Å². The summed E-state index contributed by atoms with van der Waals surface area (Å²) in [4.78, 5) is 27.9. The number of rotatable bonds is 6. The molecule has 0 aliphatic carbocycles. The Balaban J connectivity index is 1.09. The van der Waals surface area contributed by atoms with E-state index in [1.54, 1.807) is 6.07 Å². The molecule has 1 fully saturated rings. The van der Waals surface area contributed by atoms with Crippen molar-refractivity contribution in [2.75, 3.05) is 13.1 Å². The minimum absolute atomic E-state index is 0.175. The number of fused-ring (bicyclic) bond motifs is 2. The van der Waals surface area contributed by atoms with Crippen molar-refractivity contribution in [2.45, 2.75) is 44.2 Å². The van der Waals surface area contributed by atoms with Crippen LogP contribution in [0, 0.1) is 5.92 Å². The number of benzene rings is 3. The summed E-state index contributed by atoms with van der Waals surface area (Å²) in [6.45, 7) is 1.27. The van der Waals surface area contributed by atoms with E-state index in [-0.39, 0.29) is 24.0 Å². The number of ketones is 1. The highest BCUT2D eigenvalue weighted by atomic mass is 16.8. The second kappa shape index (κ2) is 9.78. The molecular weight excluding hydrogens is 454 g/mol. The highest BCUT2D eigenvalue weighted by Crippen LogP contribution is 2.38. The quantitative estimate of drug-likeness (QED) is 0.475. The van der Waals surface area contributed by atoms with Crippen molar-refractivity contribution in [2.24, 2.45) is 5.92 Å². The first kappa shape index (κ1) is 22.8. The van der Waals surface area contributed by atoms with Crippen molar-refractivity contribution in [1.82, 2.24) is 4.90 Å². The van der Waals surface area contributed by atoms with Gasteiger partial charge in [-0.25, -0.2) is 0 Å². The summed E-state index contributed by atoms with van der Waals surface area (Å²) in [6.07, 6.45) is 0.384. The number of nitrogens with zero attached hydrogens (tertiary/aromatic N) is 1. The van der Waals surface area contributed by atoms with Crippen molar-refractivity contribution in [3.8, 4) is 11.5 Å². The molecule has 0 aromatic heterocycles.